The quantitative estimate of drug-likeness (QED) is 0.740. The summed E-state index contributed by atoms with van der Waals surface area (Å²) in [6.45, 7) is 7.72. The first-order chi connectivity index (χ1) is 12.2. The molecule has 0 aliphatic rings. The molecule has 0 spiro atoms. The van der Waals surface area contributed by atoms with Crippen molar-refractivity contribution in [2.24, 2.45) is 0 Å². The molecule has 1 aromatic heterocycles. The van der Waals surface area contributed by atoms with Crippen molar-refractivity contribution in [1.29, 1.82) is 0 Å². The molecule has 136 valence electrons. The summed E-state index contributed by atoms with van der Waals surface area (Å²) in [4.78, 5) is 15.3. The maximum Gasteiger partial charge on any atom is 0.252 e. The molecular formula is C20H22N2O3S. The molecule has 2 aromatic carbocycles. The van der Waals surface area contributed by atoms with E-state index in [4.69, 9.17) is 0 Å². The normalized spacial score (nSPS) is 11.8. The predicted octanol–water partition coefficient (Wildman–Crippen LogP) is 3.24. The van der Waals surface area contributed by atoms with Crippen LogP contribution in [-0.4, -0.2) is 13.4 Å². The summed E-state index contributed by atoms with van der Waals surface area (Å²) in [5, 5.41) is 0.882. The second-order valence-corrected chi connectivity index (χ2v) is 8.48. The monoisotopic (exact) mass is 370 g/mol. The number of rotatable bonds is 4. The first-order valence-corrected chi connectivity index (χ1v) is 9.86. The number of sulfonamides is 1. The largest absolute Gasteiger partial charge is 0.322 e. The molecular weight excluding hydrogens is 348 g/mol. The van der Waals surface area contributed by atoms with Gasteiger partial charge in [0.2, 0.25) is 10.0 Å². The molecule has 0 aliphatic heterocycles. The maximum absolute atomic E-state index is 12.5. The zero-order valence-corrected chi connectivity index (χ0v) is 16.1. The van der Waals surface area contributed by atoms with E-state index < -0.39 is 10.0 Å². The molecule has 0 saturated carbocycles. The van der Waals surface area contributed by atoms with Crippen molar-refractivity contribution in [3.63, 3.8) is 0 Å². The molecule has 5 nitrogen and oxygen atoms in total. The highest BCUT2D eigenvalue weighted by Crippen LogP contribution is 2.18. The second kappa shape index (κ2) is 6.70. The zero-order chi connectivity index (χ0) is 19.1. The maximum atomic E-state index is 12.5. The van der Waals surface area contributed by atoms with Crippen molar-refractivity contribution in [1.82, 2.24) is 9.71 Å². The Kier molecular flexibility index (Phi) is 4.73. The highest BCUT2D eigenvalue weighted by molar-refractivity contribution is 7.89. The molecule has 2 N–H and O–H groups in total. The van der Waals surface area contributed by atoms with Crippen LogP contribution in [0.2, 0.25) is 0 Å². The van der Waals surface area contributed by atoms with Crippen molar-refractivity contribution in [3.8, 4) is 0 Å². The average Bonchev–Trinajstić information content (AvgIpc) is 2.57. The average molecular weight is 370 g/mol. The minimum absolute atomic E-state index is 0.0620. The summed E-state index contributed by atoms with van der Waals surface area (Å²) in [5.74, 6) is 0. The Morgan fingerprint density at radius 1 is 0.885 bits per heavy atom. The van der Waals surface area contributed by atoms with Crippen LogP contribution >= 0.6 is 0 Å². The number of fused-ring (bicyclic) bond motifs is 1. The topological polar surface area (TPSA) is 79.0 Å². The van der Waals surface area contributed by atoms with Gasteiger partial charge in [-0.05, 0) is 85.7 Å². The molecule has 26 heavy (non-hydrogen) atoms. The first-order valence-electron chi connectivity index (χ1n) is 8.37. The van der Waals surface area contributed by atoms with Gasteiger partial charge in [0.25, 0.3) is 5.56 Å². The number of aromatic amines is 1. The number of hydrogen-bond donors (Lipinski definition) is 2. The van der Waals surface area contributed by atoms with Gasteiger partial charge in [0.15, 0.2) is 0 Å². The third kappa shape index (κ3) is 3.57. The van der Waals surface area contributed by atoms with Crippen LogP contribution in [0, 0.1) is 27.7 Å². The molecule has 1 heterocycles. The van der Waals surface area contributed by atoms with Crippen molar-refractivity contribution in [2.45, 2.75) is 39.1 Å². The standard InChI is InChI=1S/C20H22N2O3S/c1-12-5-6-18(8-14(12)3)26(24,25)21-11-17-10-16-7-13(2)15(4)9-19(16)22-20(17)23/h5-10,21H,11H2,1-4H3,(H,22,23). The molecule has 0 amide bonds. The molecule has 0 aliphatic carbocycles. The Balaban J connectivity index is 1.91. The van der Waals surface area contributed by atoms with Crippen LogP contribution in [0.5, 0.6) is 0 Å². The van der Waals surface area contributed by atoms with Crippen LogP contribution in [-0.2, 0) is 16.6 Å². The summed E-state index contributed by atoms with van der Waals surface area (Å²) in [5.41, 5.74) is 4.99. The van der Waals surface area contributed by atoms with Gasteiger partial charge in [-0.15, -0.1) is 0 Å². The van der Waals surface area contributed by atoms with Gasteiger partial charge in [0, 0.05) is 17.6 Å². The Hall–Kier alpha value is -2.44. The Labute approximate surface area is 153 Å². The summed E-state index contributed by atoms with van der Waals surface area (Å²) >= 11 is 0. The molecule has 3 rings (SSSR count). The van der Waals surface area contributed by atoms with Gasteiger partial charge < -0.3 is 4.98 Å². The fourth-order valence-corrected chi connectivity index (χ4v) is 3.88. The van der Waals surface area contributed by atoms with Crippen LogP contribution in [0.25, 0.3) is 10.9 Å². The fourth-order valence-electron chi connectivity index (χ4n) is 2.79. The van der Waals surface area contributed by atoms with Gasteiger partial charge in [-0.3, -0.25) is 4.79 Å². The van der Waals surface area contributed by atoms with Crippen LogP contribution in [0.15, 0.2) is 46.1 Å². The molecule has 0 unspecified atom stereocenters. The van der Waals surface area contributed by atoms with E-state index in [-0.39, 0.29) is 17.0 Å². The van der Waals surface area contributed by atoms with Gasteiger partial charge in [-0.2, -0.15) is 0 Å². The lowest BCUT2D eigenvalue weighted by molar-refractivity contribution is 0.581. The number of aromatic nitrogens is 1. The van der Waals surface area contributed by atoms with Gasteiger partial charge in [0.1, 0.15) is 0 Å². The van der Waals surface area contributed by atoms with Crippen LogP contribution < -0.4 is 10.3 Å². The summed E-state index contributed by atoms with van der Waals surface area (Å²) < 4.78 is 27.6. The fraction of sp³-hybridized carbons (Fsp3) is 0.250. The van der Waals surface area contributed by atoms with Crippen LogP contribution in [0.1, 0.15) is 27.8 Å². The Morgan fingerprint density at radius 3 is 2.23 bits per heavy atom. The SMILES string of the molecule is Cc1ccc(S(=O)(=O)NCc2cc3cc(C)c(C)cc3[nH]c2=O)cc1C. The lowest BCUT2D eigenvalue weighted by Gasteiger charge is -2.10. The van der Waals surface area contributed by atoms with Crippen molar-refractivity contribution < 1.29 is 8.42 Å². The van der Waals surface area contributed by atoms with Gasteiger partial charge >= 0.3 is 0 Å². The molecule has 6 heteroatoms. The number of H-pyrrole nitrogens is 1. The van der Waals surface area contributed by atoms with E-state index >= 15 is 0 Å². The molecule has 0 bridgehead atoms. The van der Waals surface area contributed by atoms with E-state index in [0.29, 0.717) is 5.56 Å². The minimum Gasteiger partial charge on any atom is -0.322 e. The zero-order valence-electron chi connectivity index (χ0n) is 15.3. The van der Waals surface area contributed by atoms with Gasteiger partial charge in [0.05, 0.1) is 4.90 Å². The first kappa shape index (κ1) is 18.4. The van der Waals surface area contributed by atoms with Crippen molar-refractivity contribution >= 4 is 20.9 Å². The van der Waals surface area contributed by atoms with Crippen LogP contribution in [0.3, 0.4) is 0 Å². The third-order valence-corrected chi connectivity index (χ3v) is 6.18. The lowest BCUT2D eigenvalue weighted by atomic mass is 10.1. The van der Waals surface area contributed by atoms with Gasteiger partial charge in [-0.1, -0.05) is 6.07 Å². The molecule has 3 aromatic rings. The summed E-state index contributed by atoms with van der Waals surface area (Å²) in [6.07, 6.45) is 0. The predicted molar refractivity (Wildman–Crippen MR) is 104 cm³/mol. The van der Waals surface area contributed by atoms with E-state index in [1.165, 1.54) is 0 Å². The smallest absolute Gasteiger partial charge is 0.252 e. The van der Waals surface area contributed by atoms with E-state index in [1.54, 1.807) is 24.3 Å². The highest BCUT2D eigenvalue weighted by atomic mass is 32.2. The third-order valence-electron chi connectivity index (χ3n) is 4.78. The highest BCUT2D eigenvalue weighted by Gasteiger charge is 2.15. The number of nitrogens with one attached hydrogen (secondary N) is 2. The van der Waals surface area contributed by atoms with E-state index in [0.717, 1.165) is 33.2 Å². The summed E-state index contributed by atoms with van der Waals surface area (Å²) in [7, 11) is -3.69. The molecule has 0 saturated heterocycles. The Bertz CT molecular complexity index is 1160. The molecule has 0 fully saturated rings. The number of aryl methyl sites for hydroxylation is 4. The minimum atomic E-state index is -3.69. The number of benzene rings is 2. The lowest BCUT2D eigenvalue weighted by Crippen LogP contribution is -2.27. The van der Waals surface area contributed by atoms with Crippen molar-refractivity contribution in [2.75, 3.05) is 0 Å². The van der Waals surface area contributed by atoms with Crippen LogP contribution in [0.4, 0.5) is 0 Å². The van der Waals surface area contributed by atoms with Gasteiger partial charge in [-0.25, -0.2) is 13.1 Å². The Morgan fingerprint density at radius 2 is 1.54 bits per heavy atom. The second-order valence-electron chi connectivity index (χ2n) is 6.72. The molecule has 0 radical (unpaired) electrons. The summed E-state index contributed by atoms with van der Waals surface area (Å²) in [6, 6.07) is 10.6. The van der Waals surface area contributed by atoms with Crippen molar-refractivity contribution in [3.05, 3.63) is 74.6 Å². The van der Waals surface area contributed by atoms with E-state index in [1.807, 2.05) is 39.8 Å². The van der Waals surface area contributed by atoms with E-state index in [2.05, 4.69) is 9.71 Å². The molecule has 0 atom stereocenters. The van der Waals surface area contributed by atoms with E-state index in [9.17, 15) is 13.2 Å². The number of pyridine rings is 1. The number of hydrogen-bond acceptors (Lipinski definition) is 3.